The molecular formula is C46H89BrN18O14Si. The van der Waals surface area contributed by atoms with E-state index in [9.17, 15) is 34.2 Å². The smallest absolute Gasteiger partial charge is 0.354 e. The number of aliphatic hydroxyl groups excluding tert-OH is 4. The van der Waals surface area contributed by atoms with Gasteiger partial charge in [0.25, 0.3) is 0 Å². The number of esters is 2. The molecule has 80 heavy (non-hydrogen) atoms. The Kier molecular flexibility index (Phi) is 41.8. The second kappa shape index (κ2) is 40.6. The van der Waals surface area contributed by atoms with E-state index in [0.717, 1.165) is 43.0 Å². The van der Waals surface area contributed by atoms with Crippen molar-refractivity contribution in [3.8, 4) is 6.07 Å². The van der Waals surface area contributed by atoms with Crippen LogP contribution < -0.4 is 45.4 Å². The summed E-state index contributed by atoms with van der Waals surface area (Å²) in [6, 6.07) is 1.75. The van der Waals surface area contributed by atoms with Crippen molar-refractivity contribution in [1.82, 2.24) is 65.1 Å². The van der Waals surface area contributed by atoms with E-state index in [-0.39, 0.29) is 94.8 Å². The molecule has 3 saturated heterocycles. The minimum absolute atomic E-state index is 0. The molecule has 34 heteroatoms. The summed E-state index contributed by atoms with van der Waals surface area (Å²) in [6.07, 6.45) is 0.572. The summed E-state index contributed by atoms with van der Waals surface area (Å²) in [4.78, 5) is 94.1. The molecule has 3 aliphatic rings. The maximum absolute atomic E-state index is 11.9. The molecule has 0 radical (unpaired) electrons. The number of nitriles is 1. The average molecular weight is 1230 g/mol. The summed E-state index contributed by atoms with van der Waals surface area (Å²) < 4.78 is 29.1. The number of hydrogen-bond donors (Lipinski definition) is 10. The van der Waals surface area contributed by atoms with E-state index in [1.54, 1.807) is 6.07 Å². The van der Waals surface area contributed by atoms with Crippen LogP contribution in [0.15, 0.2) is 39.7 Å². The van der Waals surface area contributed by atoms with Crippen molar-refractivity contribution in [1.29, 1.82) is 5.26 Å². The molecule has 458 valence electrons. The Balaban J connectivity index is -0.000000289. The summed E-state index contributed by atoms with van der Waals surface area (Å²) in [5, 5.41) is 42.3. The van der Waals surface area contributed by atoms with Crippen molar-refractivity contribution >= 4 is 59.9 Å². The molecule has 12 atom stereocenters. The monoisotopic (exact) mass is 1220 g/mol. The number of aromatic amines is 1. The number of nitrogens with two attached hydrogens (primary N) is 3. The van der Waals surface area contributed by atoms with Crippen LogP contribution in [0.1, 0.15) is 109 Å². The fourth-order valence-corrected chi connectivity index (χ4v) is 8.46. The third-order valence-electron chi connectivity index (χ3n) is 10.1. The lowest BCUT2D eigenvalue weighted by Gasteiger charge is -2.21. The van der Waals surface area contributed by atoms with E-state index >= 15 is 0 Å². The first kappa shape index (κ1) is 82.3. The number of aryl methyl sites for hydroxylation is 1. The highest BCUT2D eigenvalue weighted by Crippen LogP contribution is 2.37. The van der Waals surface area contributed by atoms with Gasteiger partial charge in [-0.1, -0.05) is 93.0 Å². The molecule has 0 bridgehead atoms. The van der Waals surface area contributed by atoms with Crippen LogP contribution in [-0.2, 0) is 33.3 Å². The molecule has 0 aliphatic carbocycles. The number of H-pyrrole nitrogens is 1. The molecule has 4 aromatic heterocycles. The average Bonchev–Trinajstić information content (AvgIpc) is 3.90. The Labute approximate surface area is 476 Å². The summed E-state index contributed by atoms with van der Waals surface area (Å²) >= 11 is 3.36. The number of hydrogen-bond acceptors (Lipinski definition) is 29. The standard InChI is InChI=1S/C12H18N4O4.C9H15BrO3.C8H12N4O5.C7H14N4Si.C3H4N4O.C2H3N.CH4O.4CH4.H3N/c1-4-8-6(2)9(19-7(3)17)10(20-8)16-5-14-11(13)15-12(16)18;1-4-7-5(2)8(9(10)13-7)12-6(3)11;9-7-10-2-12(8(16)11-7)6-5(15)4(14)3(1-13)17-6;1-6-8-5-9-7(10-6)11-12(2,3)4;4-2-5-1-6-3(8)7-2;1-2-3;1-2;;;;;/h5-6,8-10H,4H2,1-3H3,(H2,13,15,18);5,7-9H,4H2,1-3H3;2-6,13-15H,1H2,(H2,9,11,16);5H,1-4H3,(H,8,9,10,11);1H,(H3,4,5,6,7,8);1H3;2H,1H3;4*1H4;1H3/t6-,8+,9?,10+;5-,7+,8?,9?;3-,4+,5?,6-;;;;;;;;;/m001........./s1. The van der Waals surface area contributed by atoms with Crippen LogP contribution in [0, 0.1) is 30.1 Å². The third kappa shape index (κ3) is 27.1. The fourth-order valence-electron chi connectivity index (χ4n) is 6.80. The van der Waals surface area contributed by atoms with Crippen molar-refractivity contribution in [3.05, 3.63) is 62.6 Å². The van der Waals surface area contributed by atoms with Gasteiger partial charge in [0.1, 0.15) is 68.8 Å². The highest BCUT2D eigenvalue weighted by Gasteiger charge is 2.46. The second-order valence-corrected chi connectivity index (χ2v) is 22.6. The number of nitrogens with zero attached hydrogens (tertiary/aromatic N) is 12. The topological polar surface area (TPSA) is 503 Å². The second-order valence-electron chi connectivity index (χ2n) is 17.0. The van der Waals surface area contributed by atoms with Crippen LogP contribution in [0.25, 0.3) is 0 Å². The molecule has 3 aliphatic heterocycles. The Morgan fingerprint density at radius 1 is 0.762 bits per heavy atom. The lowest BCUT2D eigenvalue weighted by Crippen LogP contribution is -2.36. The van der Waals surface area contributed by atoms with Gasteiger partial charge < -0.3 is 72.4 Å². The highest BCUT2D eigenvalue weighted by atomic mass is 79.9. The zero-order chi connectivity index (χ0) is 57.3. The highest BCUT2D eigenvalue weighted by molar-refractivity contribution is 9.09. The largest absolute Gasteiger partial charge is 0.458 e. The minimum Gasteiger partial charge on any atom is -0.458 e. The summed E-state index contributed by atoms with van der Waals surface area (Å²) in [7, 11) is -0.324. The van der Waals surface area contributed by atoms with Gasteiger partial charge in [0.05, 0.1) is 24.9 Å². The van der Waals surface area contributed by atoms with Gasteiger partial charge in [0.2, 0.25) is 23.8 Å². The number of carbonyl (C=O) groups excluding carboxylic acids is 2. The number of halogens is 1. The summed E-state index contributed by atoms with van der Waals surface area (Å²) in [5.74, 6) is 0.804. The quantitative estimate of drug-likeness (QED) is 0.0651. The van der Waals surface area contributed by atoms with E-state index in [1.165, 1.54) is 38.0 Å². The Morgan fingerprint density at radius 2 is 1.20 bits per heavy atom. The van der Waals surface area contributed by atoms with E-state index in [4.69, 9.17) is 56.4 Å². The maximum atomic E-state index is 11.9. The number of nitrogen functional groups attached to an aromatic ring is 3. The number of alkyl halides is 1. The van der Waals surface area contributed by atoms with Crippen LogP contribution in [0.4, 0.5) is 23.8 Å². The number of rotatable bonds is 9. The third-order valence-corrected chi connectivity index (χ3v) is 11.8. The molecule has 7 heterocycles. The van der Waals surface area contributed by atoms with Crippen LogP contribution in [0.2, 0.25) is 19.6 Å². The SMILES string of the molecule is C.C.C.C.CC#N.CC[C@H]1OC(Br)C(OC(C)=O)[C@H]1C.CC[C@H]1O[C@@H](n2cnc(N)nc2=O)C(OC(C)=O)[C@H]1C.CO.Cc1ncnc(N[Si](C)(C)C)n1.N.Nc1ncn([C@@H]2O[C@H](CO)[C@H](O)C2O)c(=O)n1.Nc1ncnc(=O)[nH]1. The molecule has 32 nitrogen and oxygen atoms in total. The van der Waals surface area contributed by atoms with Crippen LogP contribution >= 0.6 is 15.9 Å². The number of ether oxygens (including phenoxy) is 5. The van der Waals surface area contributed by atoms with E-state index in [0.29, 0.717) is 5.95 Å². The Bertz CT molecular complexity index is 2600. The molecular weight excluding hydrogens is 1140 g/mol. The molecule has 3 fully saturated rings. The van der Waals surface area contributed by atoms with Gasteiger partial charge in [-0.05, 0) is 19.8 Å². The van der Waals surface area contributed by atoms with Gasteiger partial charge in [-0.25, -0.2) is 39.3 Å². The molecule has 0 spiro atoms. The maximum Gasteiger partial charge on any atom is 0.354 e. The molecule has 0 amide bonds. The number of nitrogens with one attached hydrogen (secondary N) is 2. The Hall–Kier alpha value is -6.55. The van der Waals surface area contributed by atoms with E-state index < -0.39 is 74.8 Å². The first-order chi connectivity index (χ1) is 35.2. The first-order valence-corrected chi connectivity index (χ1v) is 27.3. The lowest BCUT2D eigenvalue weighted by atomic mass is 9.98. The number of aromatic nitrogens is 12. The summed E-state index contributed by atoms with van der Waals surface area (Å²) in [6.45, 7) is 20.2. The van der Waals surface area contributed by atoms with Gasteiger partial charge in [-0.3, -0.25) is 23.7 Å². The van der Waals surface area contributed by atoms with Crippen molar-refractivity contribution in [3.63, 3.8) is 0 Å². The summed E-state index contributed by atoms with van der Waals surface area (Å²) in [5.41, 5.74) is 13.8. The Morgan fingerprint density at radius 3 is 1.57 bits per heavy atom. The molecule has 0 saturated carbocycles. The molecule has 15 N–H and O–H groups in total. The number of carbonyl (C=O) groups is 2. The first-order valence-electron chi connectivity index (χ1n) is 22.9. The van der Waals surface area contributed by atoms with Crippen molar-refractivity contribution in [2.45, 2.75) is 178 Å². The van der Waals surface area contributed by atoms with Gasteiger partial charge in [0, 0.05) is 39.7 Å². The van der Waals surface area contributed by atoms with Crippen molar-refractivity contribution in [2.75, 3.05) is 35.9 Å². The number of aliphatic hydroxyl groups is 4. The zero-order valence-corrected chi connectivity index (χ0v) is 47.0. The van der Waals surface area contributed by atoms with E-state index in [2.05, 4.69) is 97.3 Å². The fraction of sp³-hybridized carbons (Fsp3) is 0.674. The van der Waals surface area contributed by atoms with Gasteiger partial charge >= 0.3 is 29.0 Å². The van der Waals surface area contributed by atoms with Gasteiger partial charge in [0.15, 0.2) is 18.6 Å². The molecule has 4 unspecified atom stereocenters. The van der Waals surface area contributed by atoms with E-state index in [1.807, 2.05) is 27.7 Å². The predicted molar refractivity (Wildman–Crippen MR) is 306 cm³/mol. The van der Waals surface area contributed by atoms with Crippen LogP contribution in [0.3, 0.4) is 0 Å². The van der Waals surface area contributed by atoms with Gasteiger partial charge in [-0.15, -0.1) is 0 Å². The molecule has 0 aromatic carbocycles. The van der Waals surface area contributed by atoms with Gasteiger partial charge in [-0.2, -0.15) is 25.2 Å². The minimum atomic E-state index is -1.35. The predicted octanol–water partition coefficient (Wildman–Crippen LogP) is 2.03. The van der Waals surface area contributed by atoms with Crippen molar-refractivity contribution in [2.24, 2.45) is 11.8 Å². The normalized spacial score (nSPS) is 23.4. The molecule has 4 aromatic rings. The van der Waals surface area contributed by atoms with Crippen molar-refractivity contribution < 1.29 is 53.7 Å². The lowest BCUT2D eigenvalue weighted by molar-refractivity contribution is -0.154. The van der Waals surface area contributed by atoms with Crippen LogP contribution in [-0.4, -0.2) is 161 Å². The zero-order valence-electron chi connectivity index (χ0n) is 44.4. The van der Waals surface area contributed by atoms with Crippen LogP contribution in [0.5, 0.6) is 0 Å². The molecule has 7 rings (SSSR count). The number of anilines is 4.